The molecule has 0 atom stereocenters. The number of piperidine rings is 1. The van der Waals surface area contributed by atoms with E-state index in [0.717, 1.165) is 50.9 Å². The van der Waals surface area contributed by atoms with Gasteiger partial charge in [-0.15, -0.1) is 0 Å². The highest BCUT2D eigenvalue weighted by Gasteiger charge is 2.24. The van der Waals surface area contributed by atoms with Gasteiger partial charge in [-0.05, 0) is 37.9 Å². The molecule has 0 amide bonds. The fraction of sp³-hybridized carbons (Fsp3) is 0.625. The highest BCUT2D eigenvalue weighted by molar-refractivity contribution is 5.63. The van der Waals surface area contributed by atoms with Crippen LogP contribution < -0.4 is 10.2 Å². The molecule has 2 aliphatic heterocycles. The minimum atomic E-state index is -0.281. The van der Waals surface area contributed by atoms with Crippen molar-refractivity contribution < 1.29 is 4.92 Å². The van der Waals surface area contributed by atoms with Gasteiger partial charge in [0.15, 0.2) is 0 Å². The number of rotatable bonds is 4. The van der Waals surface area contributed by atoms with Crippen LogP contribution in [0.5, 0.6) is 0 Å². The summed E-state index contributed by atoms with van der Waals surface area (Å²) in [5, 5.41) is 14.6. The SMILES string of the molecule is O=[N+]([O-])c1ccccc1N1CCN(CC2CCNCC2)CC1. The van der Waals surface area contributed by atoms with Crippen molar-refractivity contribution in [2.45, 2.75) is 12.8 Å². The van der Waals surface area contributed by atoms with E-state index in [1.165, 1.54) is 19.4 Å². The molecule has 1 aromatic carbocycles. The second-order valence-corrected chi connectivity index (χ2v) is 6.23. The first-order chi connectivity index (χ1) is 10.7. The molecule has 2 aliphatic rings. The molecule has 2 fully saturated rings. The average molecular weight is 304 g/mol. The summed E-state index contributed by atoms with van der Waals surface area (Å²) in [5.41, 5.74) is 0.975. The third-order valence-corrected chi connectivity index (χ3v) is 4.77. The van der Waals surface area contributed by atoms with E-state index in [9.17, 15) is 10.1 Å². The normalized spacial score (nSPS) is 21.0. The summed E-state index contributed by atoms with van der Waals surface area (Å²) in [6.07, 6.45) is 2.54. The molecule has 22 heavy (non-hydrogen) atoms. The van der Waals surface area contributed by atoms with Crippen LogP contribution in [-0.2, 0) is 0 Å². The number of hydrogen-bond donors (Lipinski definition) is 1. The van der Waals surface area contributed by atoms with Crippen LogP contribution in [0.25, 0.3) is 0 Å². The lowest BCUT2D eigenvalue weighted by Gasteiger charge is -2.38. The lowest BCUT2D eigenvalue weighted by Crippen LogP contribution is -2.48. The Labute approximate surface area is 131 Å². The van der Waals surface area contributed by atoms with Crippen molar-refractivity contribution in [2.24, 2.45) is 5.92 Å². The molecule has 0 aromatic heterocycles. The monoisotopic (exact) mass is 304 g/mol. The minimum absolute atomic E-state index is 0.217. The van der Waals surface area contributed by atoms with E-state index in [0.29, 0.717) is 0 Å². The summed E-state index contributed by atoms with van der Waals surface area (Å²) in [4.78, 5) is 15.5. The molecule has 2 saturated heterocycles. The molecule has 6 heteroatoms. The standard InChI is InChI=1S/C16H24N4O2/c21-20(22)16-4-2-1-3-15(16)19-11-9-18(10-12-19)13-14-5-7-17-8-6-14/h1-4,14,17H,5-13H2. The first-order valence-corrected chi connectivity index (χ1v) is 8.15. The summed E-state index contributed by atoms with van der Waals surface area (Å²) in [6.45, 7) is 7.19. The van der Waals surface area contributed by atoms with E-state index in [1.54, 1.807) is 12.1 Å². The Morgan fingerprint density at radius 1 is 1.14 bits per heavy atom. The van der Waals surface area contributed by atoms with Gasteiger partial charge in [0.2, 0.25) is 0 Å². The maximum atomic E-state index is 11.2. The fourth-order valence-electron chi connectivity index (χ4n) is 3.49. The molecule has 3 rings (SSSR count). The quantitative estimate of drug-likeness (QED) is 0.678. The van der Waals surface area contributed by atoms with Gasteiger partial charge < -0.3 is 10.2 Å². The molecule has 2 heterocycles. The number of para-hydroxylation sites is 2. The predicted octanol–water partition coefficient (Wildman–Crippen LogP) is 1.72. The summed E-state index contributed by atoms with van der Waals surface area (Å²) in [6, 6.07) is 7.07. The molecule has 6 nitrogen and oxygen atoms in total. The van der Waals surface area contributed by atoms with E-state index >= 15 is 0 Å². The number of anilines is 1. The van der Waals surface area contributed by atoms with Gasteiger partial charge in [-0.1, -0.05) is 12.1 Å². The fourth-order valence-corrected chi connectivity index (χ4v) is 3.49. The van der Waals surface area contributed by atoms with E-state index < -0.39 is 0 Å². The second-order valence-electron chi connectivity index (χ2n) is 6.23. The number of benzene rings is 1. The zero-order valence-electron chi connectivity index (χ0n) is 12.9. The molecular weight excluding hydrogens is 280 g/mol. The van der Waals surface area contributed by atoms with Crippen molar-refractivity contribution >= 4 is 11.4 Å². The minimum Gasteiger partial charge on any atom is -0.363 e. The van der Waals surface area contributed by atoms with Gasteiger partial charge in [-0.3, -0.25) is 15.0 Å². The Kier molecular flexibility index (Phi) is 4.90. The van der Waals surface area contributed by atoms with E-state index in [4.69, 9.17) is 0 Å². The third-order valence-electron chi connectivity index (χ3n) is 4.77. The average Bonchev–Trinajstić information content (AvgIpc) is 2.56. The molecule has 0 aliphatic carbocycles. The van der Waals surface area contributed by atoms with Gasteiger partial charge >= 0.3 is 0 Å². The second kappa shape index (κ2) is 7.07. The molecule has 1 aromatic rings. The lowest BCUT2D eigenvalue weighted by molar-refractivity contribution is -0.384. The highest BCUT2D eigenvalue weighted by Crippen LogP contribution is 2.28. The van der Waals surface area contributed by atoms with Gasteiger partial charge in [0, 0.05) is 38.8 Å². The highest BCUT2D eigenvalue weighted by atomic mass is 16.6. The zero-order chi connectivity index (χ0) is 15.4. The van der Waals surface area contributed by atoms with E-state index in [-0.39, 0.29) is 10.6 Å². The number of nitrogens with one attached hydrogen (secondary N) is 1. The van der Waals surface area contributed by atoms with Crippen LogP contribution in [0.4, 0.5) is 11.4 Å². The number of nitrogens with zero attached hydrogens (tertiary/aromatic N) is 3. The van der Waals surface area contributed by atoms with Crippen LogP contribution >= 0.6 is 0 Å². The van der Waals surface area contributed by atoms with Crippen LogP contribution in [0.1, 0.15) is 12.8 Å². The van der Waals surface area contributed by atoms with Gasteiger partial charge in [0.05, 0.1) is 4.92 Å². The van der Waals surface area contributed by atoms with E-state index in [1.807, 2.05) is 12.1 Å². The van der Waals surface area contributed by atoms with Crippen molar-refractivity contribution in [1.29, 1.82) is 0 Å². The maximum Gasteiger partial charge on any atom is 0.292 e. The molecule has 0 radical (unpaired) electrons. The Morgan fingerprint density at radius 3 is 2.50 bits per heavy atom. The summed E-state index contributed by atoms with van der Waals surface area (Å²) in [5.74, 6) is 0.805. The Balaban J connectivity index is 1.56. The first kappa shape index (κ1) is 15.2. The summed E-state index contributed by atoms with van der Waals surface area (Å²) < 4.78 is 0. The molecular formula is C16H24N4O2. The summed E-state index contributed by atoms with van der Waals surface area (Å²) >= 11 is 0. The number of nitro benzene ring substituents is 1. The van der Waals surface area contributed by atoms with Crippen molar-refractivity contribution in [2.75, 3.05) is 50.7 Å². The number of hydrogen-bond acceptors (Lipinski definition) is 5. The Bertz CT molecular complexity index is 509. The number of piperazine rings is 1. The largest absolute Gasteiger partial charge is 0.363 e. The third kappa shape index (κ3) is 3.56. The van der Waals surface area contributed by atoms with Gasteiger partial charge in [0.25, 0.3) is 5.69 Å². The predicted molar refractivity (Wildman–Crippen MR) is 87.3 cm³/mol. The maximum absolute atomic E-state index is 11.2. The van der Waals surface area contributed by atoms with Crippen molar-refractivity contribution in [3.05, 3.63) is 34.4 Å². The Morgan fingerprint density at radius 2 is 1.82 bits per heavy atom. The lowest BCUT2D eigenvalue weighted by atomic mass is 9.97. The van der Waals surface area contributed by atoms with Crippen LogP contribution in [0.15, 0.2) is 24.3 Å². The topological polar surface area (TPSA) is 61.7 Å². The van der Waals surface area contributed by atoms with Gasteiger partial charge in [-0.2, -0.15) is 0 Å². The first-order valence-electron chi connectivity index (χ1n) is 8.15. The van der Waals surface area contributed by atoms with Crippen molar-refractivity contribution in [1.82, 2.24) is 10.2 Å². The van der Waals surface area contributed by atoms with Crippen molar-refractivity contribution in [3.63, 3.8) is 0 Å². The van der Waals surface area contributed by atoms with E-state index in [2.05, 4.69) is 15.1 Å². The zero-order valence-corrected chi connectivity index (χ0v) is 12.9. The molecule has 0 unspecified atom stereocenters. The van der Waals surface area contributed by atoms with Gasteiger partial charge in [-0.25, -0.2) is 0 Å². The molecule has 0 saturated carbocycles. The van der Waals surface area contributed by atoms with Crippen LogP contribution in [0.3, 0.4) is 0 Å². The van der Waals surface area contributed by atoms with Gasteiger partial charge in [0.1, 0.15) is 5.69 Å². The van der Waals surface area contributed by atoms with Crippen LogP contribution in [-0.4, -0.2) is 55.6 Å². The smallest absolute Gasteiger partial charge is 0.292 e. The van der Waals surface area contributed by atoms with Crippen LogP contribution in [0, 0.1) is 16.0 Å². The molecule has 1 N–H and O–H groups in total. The van der Waals surface area contributed by atoms with Crippen molar-refractivity contribution in [3.8, 4) is 0 Å². The summed E-state index contributed by atoms with van der Waals surface area (Å²) in [7, 11) is 0. The Hall–Kier alpha value is -1.66. The molecule has 120 valence electrons. The molecule has 0 bridgehead atoms. The number of nitro groups is 1. The van der Waals surface area contributed by atoms with Crippen LogP contribution in [0.2, 0.25) is 0 Å². The molecule has 0 spiro atoms.